The molecule has 0 aliphatic carbocycles. The van der Waals surface area contributed by atoms with Gasteiger partial charge in [-0.15, -0.1) is 0 Å². The van der Waals surface area contributed by atoms with Crippen molar-refractivity contribution in [1.82, 2.24) is 9.62 Å². The van der Waals surface area contributed by atoms with Gasteiger partial charge in [-0.25, -0.2) is 13.1 Å². The van der Waals surface area contributed by atoms with Crippen molar-refractivity contribution in [1.29, 1.82) is 0 Å². The molecule has 1 saturated heterocycles. The first-order valence-electron chi connectivity index (χ1n) is 9.42. The summed E-state index contributed by atoms with van der Waals surface area (Å²) in [6.45, 7) is 6.53. The summed E-state index contributed by atoms with van der Waals surface area (Å²) in [5, 5.41) is 3.20. The van der Waals surface area contributed by atoms with E-state index in [2.05, 4.69) is 28.4 Å². The standard InChI is InChI=1S/C20H28F2N2S.CH3NO/c1-15-11-13-24(14-12-15)25-19(16(2)23-3)10-6-8-17-7-4-5-9-18(17)20(21)22;2-1-3/h4-7,9-10,15,20,23H,8,11-14H2,1-3H3;1H,(H2,2,3)/b10-6+,19-16+;. The molecular weight excluding hydrogens is 380 g/mol. The summed E-state index contributed by atoms with van der Waals surface area (Å²) in [6, 6.07) is 6.76. The summed E-state index contributed by atoms with van der Waals surface area (Å²) in [5.74, 6) is 0.802. The molecule has 0 radical (unpaired) electrons. The Labute approximate surface area is 171 Å². The van der Waals surface area contributed by atoms with E-state index in [1.54, 1.807) is 24.1 Å². The van der Waals surface area contributed by atoms with Crippen LogP contribution in [-0.2, 0) is 11.2 Å². The molecule has 1 amide bonds. The quantitative estimate of drug-likeness (QED) is 0.389. The molecule has 0 aromatic heterocycles. The maximum Gasteiger partial charge on any atom is 0.264 e. The van der Waals surface area contributed by atoms with Crippen LogP contribution < -0.4 is 11.1 Å². The highest BCUT2D eigenvalue weighted by Gasteiger charge is 2.17. The average molecular weight is 412 g/mol. The Morgan fingerprint density at radius 2 is 1.96 bits per heavy atom. The van der Waals surface area contributed by atoms with Crippen LogP contribution in [-0.4, -0.2) is 30.9 Å². The van der Waals surface area contributed by atoms with Crippen molar-refractivity contribution in [2.75, 3.05) is 20.1 Å². The minimum Gasteiger partial charge on any atom is -0.391 e. The summed E-state index contributed by atoms with van der Waals surface area (Å²) in [6.07, 6.45) is 4.82. The van der Waals surface area contributed by atoms with E-state index in [1.165, 1.54) is 18.9 Å². The number of alkyl halides is 2. The predicted molar refractivity (Wildman–Crippen MR) is 114 cm³/mol. The number of hydrogen-bond acceptors (Lipinski definition) is 4. The Hall–Kier alpha value is -1.86. The number of halogens is 2. The molecule has 0 saturated carbocycles. The lowest BCUT2D eigenvalue weighted by atomic mass is 10.0. The van der Waals surface area contributed by atoms with E-state index in [0.29, 0.717) is 12.0 Å². The van der Waals surface area contributed by atoms with E-state index >= 15 is 0 Å². The monoisotopic (exact) mass is 411 g/mol. The first-order chi connectivity index (χ1) is 13.4. The third-order valence-electron chi connectivity index (χ3n) is 4.61. The van der Waals surface area contributed by atoms with E-state index in [9.17, 15) is 8.78 Å². The summed E-state index contributed by atoms with van der Waals surface area (Å²) in [5.41, 5.74) is 6.08. The molecule has 4 nitrogen and oxygen atoms in total. The van der Waals surface area contributed by atoms with Gasteiger partial charge in [0, 0.05) is 36.3 Å². The van der Waals surface area contributed by atoms with Gasteiger partial charge < -0.3 is 11.1 Å². The first-order valence-corrected chi connectivity index (χ1v) is 10.2. The van der Waals surface area contributed by atoms with E-state index in [4.69, 9.17) is 4.79 Å². The van der Waals surface area contributed by atoms with Crippen LogP contribution in [0, 0.1) is 5.92 Å². The lowest BCUT2D eigenvalue weighted by molar-refractivity contribution is -0.106. The zero-order valence-electron chi connectivity index (χ0n) is 16.8. The van der Waals surface area contributed by atoms with Crippen LogP contribution in [0.25, 0.3) is 0 Å². The Kier molecular flexibility index (Phi) is 11.5. The molecule has 1 aliphatic rings. The Balaban J connectivity index is 0.00000122. The molecule has 0 spiro atoms. The number of rotatable bonds is 7. The fourth-order valence-corrected chi connectivity index (χ4v) is 3.86. The topological polar surface area (TPSA) is 58.4 Å². The van der Waals surface area contributed by atoms with Gasteiger partial charge in [-0.1, -0.05) is 37.3 Å². The highest BCUT2D eigenvalue weighted by Crippen LogP contribution is 2.30. The van der Waals surface area contributed by atoms with Gasteiger partial charge >= 0.3 is 0 Å². The minimum absolute atomic E-state index is 0.126. The maximum absolute atomic E-state index is 13.1. The summed E-state index contributed by atoms with van der Waals surface area (Å²) in [4.78, 5) is 9.73. The van der Waals surface area contributed by atoms with Gasteiger partial charge in [-0.05, 0) is 55.7 Å². The molecule has 1 aromatic rings. The SMILES string of the molecule is CN/C(C)=C(\C=C\Cc1ccccc1C(F)F)SN1CCC(C)CC1.NC=O. The molecule has 1 heterocycles. The van der Waals surface area contributed by atoms with Gasteiger partial charge in [-0.2, -0.15) is 0 Å². The number of benzene rings is 1. The van der Waals surface area contributed by atoms with Gasteiger partial charge in [-0.3, -0.25) is 4.79 Å². The lowest BCUT2D eigenvalue weighted by Gasteiger charge is -2.29. The van der Waals surface area contributed by atoms with Crippen molar-refractivity contribution < 1.29 is 13.6 Å². The maximum atomic E-state index is 13.1. The normalized spacial score (nSPS) is 16.5. The lowest BCUT2D eigenvalue weighted by Crippen LogP contribution is -2.27. The fraction of sp³-hybridized carbons (Fsp3) is 0.476. The number of amides is 1. The van der Waals surface area contributed by atoms with Crippen molar-refractivity contribution in [3.63, 3.8) is 0 Å². The van der Waals surface area contributed by atoms with Gasteiger partial charge in [0.05, 0.1) is 0 Å². The van der Waals surface area contributed by atoms with Crippen molar-refractivity contribution in [2.24, 2.45) is 11.7 Å². The smallest absolute Gasteiger partial charge is 0.264 e. The Bertz CT molecular complexity index is 657. The summed E-state index contributed by atoms with van der Waals surface area (Å²) in [7, 11) is 1.91. The van der Waals surface area contributed by atoms with Gasteiger partial charge in [0.25, 0.3) is 6.43 Å². The molecule has 1 fully saturated rings. The number of nitrogens with zero attached hydrogens (tertiary/aromatic N) is 1. The van der Waals surface area contributed by atoms with Crippen molar-refractivity contribution in [3.05, 3.63) is 58.1 Å². The molecule has 1 aromatic carbocycles. The largest absolute Gasteiger partial charge is 0.391 e. The number of hydrogen-bond donors (Lipinski definition) is 2. The molecule has 0 unspecified atom stereocenters. The molecule has 28 heavy (non-hydrogen) atoms. The predicted octanol–water partition coefficient (Wildman–Crippen LogP) is 4.66. The van der Waals surface area contributed by atoms with Crippen LogP contribution in [0.5, 0.6) is 0 Å². The number of primary amides is 1. The molecular formula is C21H31F2N3OS. The second kappa shape index (κ2) is 13.3. The molecule has 156 valence electrons. The second-order valence-corrected chi connectivity index (χ2v) is 7.82. The Morgan fingerprint density at radius 3 is 2.54 bits per heavy atom. The second-order valence-electron chi connectivity index (χ2n) is 6.68. The molecule has 1 aliphatic heterocycles. The van der Waals surface area contributed by atoms with E-state index < -0.39 is 6.43 Å². The molecule has 0 atom stereocenters. The van der Waals surface area contributed by atoms with Crippen molar-refractivity contribution in [2.45, 2.75) is 39.5 Å². The molecule has 2 rings (SSSR count). The highest BCUT2D eigenvalue weighted by atomic mass is 32.2. The Morgan fingerprint density at radius 1 is 1.36 bits per heavy atom. The zero-order valence-corrected chi connectivity index (χ0v) is 17.6. The third kappa shape index (κ3) is 8.44. The molecule has 0 bridgehead atoms. The third-order valence-corrected chi connectivity index (χ3v) is 5.87. The fourth-order valence-electron chi connectivity index (χ4n) is 2.79. The van der Waals surface area contributed by atoms with Crippen LogP contribution in [0.15, 0.2) is 47.0 Å². The molecule has 7 heteroatoms. The average Bonchev–Trinajstić information content (AvgIpc) is 2.69. The number of carbonyl (C=O) groups is 1. The first kappa shape index (κ1) is 24.2. The number of piperidine rings is 1. The van der Waals surface area contributed by atoms with E-state index in [1.807, 2.05) is 26.1 Å². The van der Waals surface area contributed by atoms with Gasteiger partial charge in [0.1, 0.15) is 0 Å². The number of allylic oxidation sites excluding steroid dienone is 3. The van der Waals surface area contributed by atoms with E-state index in [-0.39, 0.29) is 12.0 Å². The van der Waals surface area contributed by atoms with E-state index in [0.717, 1.165) is 29.6 Å². The molecule has 3 N–H and O–H groups in total. The minimum atomic E-state index is -2.43. The van der Waals surface area contributed by atoms with Crippen molar-refractivity contribution in [3.8, 4) is 0 Å². The van der Waals surface area contributed by atoms with Crippen LogP contribution in [0.1, 0.15) is 44.2 Å². The summed E-state index contributed by atoms with van der Waals surface area (Å²) < 4.78 is 28.6. The van der Waals surface area contributed by atoms with Crippen LogP contribution in [0.2, 0.25) is 0 Å². The highest BCUT2D eigenvalue weighted by molar-refractivity contribution is 8.01. The van der Waals surface area contributed by atoms with Crippen LogP contribution >= 0.6 is 11.9 Å². The summed E-state index contributed by atoms with van der Waals surface area (Å²) >= 11 is 1.76. The van der Waals surface area contributed by atoms with Gasteiger partial charge in [0.15, 0.2) is 0 Å². The number of nitrogens with two attached hydrogens (primary N) is 1. The van der Waals surface area contributed by atoms with Crippen molar-refractivity contribution >= 4 is 18.4 Å². The van der Waals surface area contributed by atoms with Gasteiger partial charge in [0.2, 0.25) is 6.41 Å². The zero-order chi connectivity index (χ0) is 20.9. The number of carbonyl (C=O) groups excluding carboxylic acids is 1. The van der Waals surface area contributed by atoms with Crippen LogP contribution in [0.3, 0.4) is 0 Å². The number of nitrogens with one attached hydrogen (secondary N) is 1. The van der Waals surface area contributed by atoms with Crippen LogP contribution in [0.4, 0.5) is 8.78 Å².